The molecule has 0 radical (unpaired) electrons. The molecule has 1 atom stereocenters. The number of nitrogens with one attached hydrogen (secondary N) is 1. The van der Waals surface area contributed by atoms with Crippen LogP contribution in [0, 0.1) is 5.92 Å². The zero-order valence-electron chi connectivity index (χ0n) is 15.1. The van der Waals surface area contributed by atoms with Crippen molar-refractivity contribution in [1.82, 2.24) is 9.88 Å². The first kappa shape index (κ1) is 19.3. The second-order valence-corrected chi connectivity index (χ2v) is 8.58. The van der Waals surface area contributed by atoms with Gasteiger partial charge < -0.3 is 4.74 Å². The molecule has 1 amide bonds. The number of carbonyl (C=O) groups is 1. The van der Waals surface area contributed by atoms with Gasteiger partial charge in [0.25, 0.3) is 5.91 Å². The van der Waals surface area contributed by atoms with Crippen molar-refractivity contribution in [2.45, 2.75) is 39.3 Å². The van der Waals surface area contributed by atoms with Gasteiger partial charge in [-0.05, 0) is 63.0 Å². The molecule has 1 aromatic heterocycles. The number of likely N-dealkylation sites (tertiary alicyclic amines) is 1. The van der Waals surface area contributed by atoms with Crippen LogP contribution in [-0.4, -0.2) is 35.0 Å². The number of ether oxygens (including phenoxy) is 1. The van der Waals surface area contributed by atoms with Gasteiger partial charge in [0.05, 0.1) is 5.69 Å². The summed E-state index contributed by atoms with van der Waals surface area (Å²) >= 11 is 4.84. The number of rotatable bonds is 6. The fraction of sp³-hybridized carbons (Fsp3) is 0.474. The maximum Gasteiger partial charge on any atom is 0.266 e. The molecule has 26 heavy (non-hydrogen) atoms. The first-order chi connectivity index (χ1) is 12.5. The average Bonchev–Trinajstić information content (AvgIpc) is 3.06. The van der Waals surface area contributed by atoms with Crippen molar-refractivity contribution < 1.29 is 9.53 Å². The minimum Gasteiger partial charge on any atom is -0.481 e. The molecule has 2 aromatic rings. The number of nitrogens with zero attached hydrogens (tertiary/aromatic N) is 2. The van der Waals surface area contributed by atoms with E-state index in [2.05, 4.69) is 38.1 Å². The summed E-state index contributed by atoms with van der Waals surface area (Å²) < 4.78 is 6.65. The highest BCUT2D eigenvalue weighted by molar-refractivity contribution is 9.10. The SMILES string of the molecule is CC1CCN(Cc2csc(NC(=O)[C@@H](C)Oc3ccc(Br)cc3)n2)CC1. The van der Waals surface area contributed by atoms with Crippen LogP contribution in [0.1, 0.15) is 32.4 Å². The molecular formula is C19H24BrN3O2S. The largest absolute Gasteiger partial charge is 0.481 e. The fourth-order valence-electron chi connectivity index (χ4n) is 2.86. The number of thiazole rings is 1. The molecule has 0 saturated carbocycles. The van der Waals surface area contributed by atoms with Gasteiger partial charge >= 0.3 is 0 Å². The molecule has 0 unspecified atom stereocenters. The predicted octanol–water partition coefficient (Wildman–Crippen LogP) is 4.54. The van der Waals surface area contributed by atoms with Gasteiger partial charge in [0.1, 0.15) is 5.75 Å². The van der Waals surface area contributed by atoms with E-state index >= 15 is 0 Å². The molecule has 7 heteroatoms. The van der Waals surface area contributed by atoms with Crippen LogP contribution in [0.2, 0.25) is 0 Å². The van der Waals surface area contributed by atoms with Crippen LogP contribution >= 0.6 is 27.3 Å². The quantitative estimate of drug-likeness (QED) is 0.720. The molecule has 1 N–H and O–H groups in total. The molecule has 3 rings (SSSR count). The summed E-state index contributed by atoms with van der Waals surface area (Å²) in [5.74, 6) is 1.29. The highest BCUT2D eigenvalue weighted by atomic mass is 79.9. The Morgan fingerprint density at radius 3 is 2.77 bits per heavy atom. The standard InChI is InChI=1S/C19H24BrN3O2S/c1-13-7-9-23(10-8-13)11-16-12-26-19(21-16)22-18(24)14(2)25-17-5-3-15(20)4-6-17/h3-6,12-14H,7-11H2,1-2H3,(H,21,22,24)/t14-/m1/s1. The highest BCUT2D eigenvalue weighted by Gasteiger charge is 2.19. The van der Waals surface area contributed by atoms with E-state index in [4.69, 9.17) is 4.74 Å². The van der Waals surface area contributed by atoms with E-state index in [1.807, 2.05) is 29.6 Å². The number of aromatic nitrogens is 1. The van der Waals surface area contributed by atoms with E-state index in [1.165, 1.54) is 24.2 Å². The zero-order chi connectivity index (χ0) is 18.5. The number of benzene rings is 1. The Balaban J connectivity index is 1.49. The minimum atomic E-state index is -0.591. The molecule has 0 aliphatic carbocycles. The molecular weight excluding hydrogens is 414 g/mol. The molecule has 1 saturated heterocycles. The van der Waals surface area contributed by atoms with Crippen LogP contribution in [0.15, 0.2) is 34.1 Å². The number of amides is 1. The summed E-state index contributed by atoms with van der Waals surface area (Å²) in [5, 5.41) is 5.50. The Kier molecular flexibility index (Phi) is 6.67. The van der Waals surface area contributed by atoms with Crippen LogP contribution < -0.4 is 10.1 Å². The second-order valence-electron chi connectivity index (χ2n) is 6.81. The normalized spacial score (nSPS) is 17.0. The van der Waals surface area contributed by atoms with Crippen molar-refractivity contribution in [2.24, 2.45) is 5.92 Å². The number of hydrogen-bond donors (Lipinski definition) is 1. The van der Waals surface area contributed by atoms with Crippen molar-refractivity contribution in [2.75, 3.05) is 18.4 Å². The van der Waals surface area contributed by atoms with Crippen molar-refractivity contribution >= 4 is 38.3 Å². The van der Waals surface area contributed by atoms with Gasteiger partial charge in [-0.1, -0.05) is 22.9 Å². The fourth-order valence-corrected chi connectivity index (χ4v) is 3.83. The Morgan fingerprint density at radius 1 is 1.38 bits per heavy atom. The van der Waals surface area contributed by atoms with Gasteiger partial charge in [-0.2, -0.15) is 0 Å². The van der Waals surface area contributed by atoms with Crippen LogP contribution in [0.4, 0.5) is 5.13 Å². The third kappa shape index (κ3) is 5.53. The summed E-state index contributed by atoms with van der Waals surface area (Å²) in [6.45, 7) is 7.15. The number of hydrogen-bond acceptors (Lipinski definition) is 5. The van der Waals surface area contributed by atoms with E-state index in [9.17, 15) is 4.79 Å². The average molecular weight is 438 g/mol. The van der Waals surface area contributed by atoms with Crippen molar-refractivity contribution in [1.29, 1.82) is 0 Å². The number of halogens is 1. The van der Waals surface area contributed by atoms with Gasteiger partial charge in [-0.3, -0.25) is 15.0 Å². The third-order valence-corrected chi connectivity index (χ3v) is 5.87. The number of carbonyl (C=O) groups excluding carboxylic acids is 1. The molecule has 5 nitrogen and oxygen atoms in total. The number of anilines is 1. The topological polar surface area (TPSA) is 54.5 Å². The summed E-state index contributed by atoms with van der Waals surface area (Å²) in [6, 6.07) is 7.42. The lowest BCUT2D eigenvalue weighted by Gasteiger charge is -2.29. The lowest BCUT2D eigenvalue weighted by molar-refractivity contribution is -0.122. The Hall–Kier alpha value is -1.44. The minimum absolute atomic E-state index is 0.194. The number of piperidine rings is 1. The first-order valence-electron chi connectivity index (χ1n) is 8.89. The van der Waals surface area contributed by atoms with E-state index < -0.39 is 6.10 Å². The third-order valence-electron chi connectivity index (χ3n) is 4.54. The van der Waals surface area contributed by atoms with E-state index in [1.54, 1.807) is 6.92 Å². The van der Waals surface area contributed by atoms with E-state index in [0.29, 0.717) is 10.9 Å². The lowest BCUT2D eigenvalue weighted by Crippen LogP contribution is -2.32. The summed E-state index contributed by atoms with van der Waals surface area (Å²) in [7, 11) is 0. The van der Waals surface area contributed by atoms with Crippen molar-refractivity contribution in [3.8, 4) is 5.75 Å². The second kappa shape index (κ2) is 8.97. The van der Waals surface area contributed by atoms with Crippen LogP contribution in [-0.2, 0) is 11.3 Å². The van der Waals surface area contributed by atoms with Gasteiger partial charge in [-0.25, -0.2) is 4.98 Å². The molecule has 0 spiro atoms. The van der Waals surface area contributed by atoms with Gasteiger partial charge in [-0.15, -0.1) is 11.3 Å². The maximum atomic E-state index is 12.3. The van der Waals surface area contributed by atoms with Crippen molar-refractivity contribution in [3.05, 3.63) is 39.8 Å². The van der Waals surface area contributed by atoms with E-state index in [0.717, 1.165) is 35.7 Å². The van der Waals surface area contributed by atoms with Gasteiger partial charge in [0.15, 0.2) is 11.2 Å². The van der Waals surface area contributed by atoms with Gasteiger partial charge in [0.2, 0.25) is 0 Å². The molecule has 1 fully saturated rings. The predicted molar refractivity (Wildman–Crippen MR) is 109 cm³/mol. The molecule has 1 aliphatic rings. The maximum absolute atomic E-state index is 12.3. The monoisotopic (exact) mass is 437 g/mol. The Morgan fingerprint density at radius 2 is 2.08 bits per heavy atom. The summed E-state index contributed by atoms with van der Waals surface area (Å²) in [6.07, 6.45) is 1.91. The molecule has 1 aromatic carbocycles. The van der Waals surface area contributed by atoms with Crippen LogP contribution in [0.25, 0.3) is 0 Å². The zero-order valence-corrected chi connectivity index (χ0v) is 17.5. The summed E-state index contributed by atoms with van der Waals surface area (Å²) in [5.41, 5.74) is 1.02. The van der Waals surface area contributed by atoms with Crippen LogP contribution in [0.3, 0.4) is 0 Å². The smallest absolute Gasteiger partial charge is 0.266 e. The Labute approximate surface area is 166 Å². The molecule has 1 aliphatic heterocycles. The lowest BCUT2D eigenvalue weighted by atomic mass is 9.99. The Bertz CT molecular complexity index is 727. The molecule has 140 valence electrons. The molecule has 2 heterocycles. The van der Waals surface area contributed by atoms with E-state index in [-0.39, 0.29) is 5.91 Å². The van der Waals surface area contributed by atoms with Crippen molar-refractivity contribution in [3.63, 3.8) is 0 Å². The first-order valence-corrected chi connectivity index (χ1v) is 10.6. The van der Waals surface area contributed by atoms with Crippen LogP contribution in [0.5, 0.6) is 5.75 Å². The summed E-state index contributed by atoms with van der Waals surface area (Å²) in [4.78, 5) is 19.3. The molecule has 0 bridgehead atoms. The highest BCUT2D eigenvalue weighted by Crippen LogP contribution is 2.22. The van der Waals surface area contributed by atoms with Gasteiger partial charge in [0, 0.05) is 16.4 Å².